The highest BCUT2D eigenvalue weighted by Gasteiger charge is 2.43. The molecule has 2 unspecified atom stereocenters. The highest BCUT2D eigenvalue weighted by molar-refractivity contribution is 7.99. The first-order valence-corrected chi connectivity index (χ1v) is 10.9. The maximum Gasteiger partial charge on any atom is 0.329 e. The Hall–Kier alpha value is -1.40. The first-order valence-electron chi connectivity index (χ1n) is 8.73. The topological polar surface area (TPSA) is 46.6 Å². The Morgan fingerprint density at radius 1 is 1.14 bits per heavy atom. The molecule has 1 heterocycles. The standard InChI is InChI=1S/C20H18Cl3NO3S/c1-2-8-27-20(26)17-11-28-19(13-4-3-5-14(21)9-13)24(17)18(25)12-6-7-15(22)16(23)10-12/h3-7,9-10,17,19H,2,8,11H2,1H3. The second-order valence-electron chi connectivity index (χ2n) is 6.27. The number of amides is 1. The maximum atomic E-state index is 13.3. The Kier molecular flexibility index (Phi) is 7.15. The average molecular weight is 459 g/mol. The molecule has 1 fully saturated rings. The van der Waals surface area contributed by atoms with E-state index >= 15 is 0 Å². The van der Waals surface area contributed by atoms with Crippen LogP contribution in [0.15, 0.2) is 42.5 Å². The van der Waals surface area contributed by atoms with Gasteiger partial charge in [-0.2, -0.15) is 0 Å². The van der Waals surface area contributed by atoms with Crippen LogP contribution in [0, 0.1) is 0 Å². The van der Waals surface area contributed by atoms with Gasteiger partial charge in [-0.15, -0.1) is 11.8 Å². The zero-order valence-corrected chi connectivity index (χ0v) is 18.1. The van der Waals surface area contributed by atoms with Crippen LogP contribution in [0.3, 0.4) is 0 Å². The zero-order valence-electron chi connectivity index (χ0n) is 15.0. The largest absolute Gasteiger partial charge is 0.464 e. The van der Waals surface area contributed by atoms with E-state index in [1.807, 2.05) is 19.1 Å². The molecule has 3 rings (SSSR count). The van der Waals surface area contributed by atoms with E-state index in [1.54, 1.807) is 29.2 Å². The van der Waals surface area contributed by atoms with E-state index < -0.39 is 12.0 Å². The molecule has 1 aliphatic heterocycles. The summed E-state index contributed by atoms with van der Waals surface area (Å²) in [5.41, 5.74) is 1.20. The SMILES string of the molecule is CCCOC(=O)C1CSC(c2cccc(Cl)c2)N1C(=O)c1ccc(Cl)c(Cl)c1. The number of nitrogens with zero attached hydrogens (tertiary/aromatic N) is 1. The van der Waals surface area contributed by atoms with Crippen molar-refractivity contribution >= 4 is 58.4 Å². The third-order valence-corrected chi connectivity index (χ3v) is 6.55. The molecule has 8 heteroatoms. The van der Waals surface area contributed by atoms with E-state index in [4.69, 9.17) is 39.5 Å². The van der Waals surface area contributed by atoms with Gasteiger partial charge in [0.2, 0.25) is 0 Å². The van der Waals surface area contributed by atoms with Crippen molar-refractivity contribution in [3.05, 3.63) is 68.7 Å². The van der Waals surface area contributed by atoms with Gasteiger partial charge in [0.25, 0.3) is 5.91 Å². The number of hydrogen-bond acceptors (Lipinski definition) is 4. The molecule has 2 aromatic rings. The van der Waals surface area contributed by atoms with Gasteiger partial charge in [-0.05, 0) is 42.3 Å². The highest BCUT2D eigenvalue weighted by atomic mass is 35.5. The summed E-state index contributed by atoms with van der Waals surface area (Å²) in [6, 6.07) is 11.3. The van der Waals surface area contributed by atoms with Crippen LogP contribution in [0.2, 0.25) is 15.1 Å². The van der Waals surface area contributed by atoms with E-state index in [2.05, 4.69) is 0 Å². The molecule has 0 radical (unpaired) electrons. The minimum absolute atomic E-state index is 0.281. The molecule has 4 nitrogen and oxygen atoms in total. The van der Waals surface area contributed by atoms with Gasteiger partial charge in [-0.1, -0.05) is 53.9 Å². The molecule has 0 aliphatic carbocycles. The number of hydrogen-bond donors (Lipinski definition) is 0. The van der Waals surface area contributed by atoms with Gasteiger partial charge in [0.05, 0.1) is 16.7 Å². The monoisotopic (exact) mass is 457 g/mol. The van der Waals surface area contributed by atoms with Crippen LogP contribution in [0.1, 0.15) is 34.6 Å². The van der Waals surface area contributed by atoms with Crippen molar-refractivity contribution in [1.82, 2.24) is 4.90 Å². The fourth-order valence-corrected chi connectivity index (χ4v) is 4.83. The van der Waals surface area contributed by atoms with E-state index in [1.165, 1.54) is 17.8 Å². The van der Waals surface area contributed by atoms with Gasteiger partial charge in [-0.25, -0.2) is 4.79 Å². The van der Waals surface area contributed by atoms with E-state index in [-0.39, 0.29) is 16.3 Å². The number of esters is 1. The lowest BCUT2D eigenvalue weighted by atomic mass is 10.1. The Bertz CT molecular complexity index is 893. The Balaban J connectivity index is 1.97. The fourth-order valence-electron chi connectivity index (χ4n) is 2.93. The maximum absolute atomic E-state index is 13.3. The number of benzene rings is 2. The predicted molar refractivity (Wildman–Crippen MR) is 114 cm³/mol. The number of thioether (sulfide) groups is 1. The molecule has 2 aromatic carbocycles. The van der Waals surface area contributed by atoms with Gasteiger partial charge in [0.15, 0.2) is 0 Å². The average Bonchev–Trinajstić information content (AvgIpc) is 3.13. The van der Waals surface area contributed by atoms with Crippen molar-refractivity contribution < 1.29 is 14.3 Å². The number of rotatable bonds is 5. The van der Waals surface area contributed by atoms with Crippen LogP contribution in [0.4, 0.5) is 0 Å². The van der Waals surface area contributed by atoms with E-state index in [0.717, 1.165) is 5.56 Å². The molecular formula is C20H18Cl3NO3S. The Morgan fingerprint density at radius 3 is 2.61 bits per heavy atom. The van der Waals surface area contributed by atoms with Crippen LogP contribution in [-0.2, 0) is 9.53 Å². The first kappa shape index (κ1) is 21.3. The van der Waals surface area contributed by atoms with Crippen LogP contribution in [0.25, 0.3) is 0 Å². The normalized spacial score (nSPS) is 18.9. The number of halogens is 3. The molecule has 1 amide bonds. The van der Waals surface area contributed by atoms with Crippen LogP contribution < -0.4 is 0 Å². The molecule has 0 aromatic heterocycles. The fraction of sp³-hybridized carbons (Fsp3) is 0.300. The lowest BCUT2D eigenvalue weighted by molar-refractivity contribution is -0.148. The summed E-state index contributed by atoms with van der Waals surface area (Å²) in [5.74, 6) is -0.286. The molecule has 2 atom stereocenters. The van der Waals surface area contributed by atoms with Crippen LogP contribution in [0.5, 0.6) is 0 Å². The van der Waals surface area contributed by atoms with Crippen molar-refractivity contribution in [3.8, 4) is 0 Å². The quantitative estimate of drug-likeness (QED) is 0.527. The summed E-state index contributed by atoms with van der Waals surface area (Å²) in [6.07, 6.45) is 0.712. The second kappa shape index (κ2) is 9.40. The molecule has 148 valence electrons. The minimum Gasteiger partial charge on any atom is -0.464 e. The number of carbonyl (C=O) groups is 2. The molecular weight excluding hydrogens is 441 g/mol. The minimum atomic E-state index is -0.692. The lowest BCUT2D eigenvalue weighted by Gasteiger charge is -2.29. The van der Waals surface area contributed by atoms with E-state index in [0.29, 0.717) is 34.4 Å². The van der Waals surface area contributed by atoms with Crippen LogP contribution >= 0.6 is 46.6 Å². The number of ether oxygens (including phenoxy) is 1. The second-order valence-corrected chi connectivity index (χ2v) is 8.63. The van der Waals surface area contributed by atoms with Crippen LogP contribution in [-0.4, -0.2) is 35.2 Å². The van der Waals surface area contributed by atoms with Gasteiger partial charge in [0, 0.05) is 16.3 Å². The summed E-state index contributed by atoms with van der Waals surface area (Å²) in [4.78, 5) is 27.5. The lowest BCUT2D eigenvalue weighted by Crippen LogP contribution is -2.44. The molecule has 0 N–H and O–H groups in total. The Labute approximate surface area is 183 Å². The summed E-state index contributed by atoms with van der Waals surface area (Å²) >= 11 is 19.7. The third-order valence-electron chi connectivity index (χ3n) is 4.26. The zero-order chi connectivity index (χ0) is 20.3. The van der Waals surface area contributed by atoms with E-state index in [9.17, 15) is 9.59 Å². The van der Waals surface area contributed by atoms with Crippen molar-refractivity contribution in [2.75, 3.05) is 12.4 Å². The predicted octanol–water partition coefficient (Wildman–Crippen LogP) is 5.86. The van der Waals surface area contributed by atoms with Gasteiger partial charge >= 0.3 is 5.97 Å². The summed E-state index contributed by atoms with van der Waals surface area (Å²) in [5, 5.41) is 0.847. The molecule has 28 heavy (non-hydrogen) atoms. The number of carbonyl (C=O) groups excluding carboxylic acids is 2. The third kappa shape index (κ3) is 4.60. The molecule has 1 saturated heterocycles. The molecule has 0 spiro atoms. The van der Waals surface area contributed by atoms with Gasteiger partial charge in [0.1, 0.15) is 11.4 Å². The summed E-state index contributed by atoms with van der Waals surface area (Å²) in [6.45, 7) is 2.24. The smallest absolute Gasteiger partial charge is 0.329 e. The van der Waals surface area contributed by atoms with Gasteiger partial charge < -0.3 is 9.64 Å². The molecule has 0 bridgehead atoms. The van der Waals surface area contributed by atoms with Crippen molar-refractivity contribution in [2.24, 2.45) is 0 Å². The summed E-state index contributed by atoms with van der Waals surface area (Å²) in [7, 11) is 0. The summed E-state index contributed by atoms with van der Waals surface area (Å²) < 4.78 is 5.32. The van der Waals surface area contributed by atoms with Crippen molar-refractivity contribution in [1.29, 1.82) is 0 Å². The van der Waals surface area contributed by atoms with Gasteiger partial charge in [-0.3, -0.25) is 4.79 Å². The Morgan fingerprint density at radius 2 is 1.93 bits per heavy atom. The molecule has 1 aliphatic rings. The molecule has 0 saturated carbocycles. The highest BCUT2D eigenvalue weighted by Crippen LogP contribution is 2.43. The van der Waals surface area contributed by atoms with Crippen molar-refractivity contribution in [3.63, 3.8) is 0 Å². The van der Waals surface area contributed by atoms with Crippen molar-refractivity contribution in [2.45, 2.75) is 24.8 Å². The first-order chi connectivity index (χ1) is 13.4.